The van der Waals surface area contributed by atoms with E-state index in [4.69, 9.17) is 4.74 Å². The number of nitrogens with one attached hydrogen (secondary N) is 1. The Labute approximate surface area is 148 Å². The van der Waals surface area contributed by atoms with E-state index >= 15 is 0 Å². The minimum Gasteiger partial charge on any atom is -0.449 e. The van der Waals surface area contributed by atoms with E-state index in [1.54, 1.807) is 30.3 Å². The Morgan fingerprint density at radius 1 is 1.16 bits per heavy atom. The third kappa shape index (κ3) is 4.57. The second-order valence-corrected chi connectivity index (χ2v) is 5.86. The minimum atomic E-state index is -1.11. The van der Waals surface area contributed by atoms with Gasteiger partial charge in [-0.05, 0) is 31.4 Å². The number of rotatable bonds is 6. The van der Waals surface area contributed by atoms with Crippen molar-refractivity contribution in [3.8, 4) is 0 Å². The predicted molar refractivity (Wildman–Crippen MR) is 94.8 cm³/mol. The summed E-state index contributed by atoms with van der Waals surface area (Å²) in [6.45, 7) is 1.41. The second-order valence-electron chi connectivity index (χ2n) is 5.01. The molecular formula is C17H16N2O5S. The molecule has 0 aromatic heterocycles. The zero-order chi connectivity index (χ0) is 18.4. The highest BCUT2D eigenvalue weighted by atomic mass is 32.2. The number of carbonyl (C=O) groups excluding carboxylic acids is 2. The number of nitrogens with zero attached hydrogens (tertiary/aromatic N) is 1. The topological polar surface area (TPSA) is 98.5 Å². The number of ether oxygens (including phenoxy) is 1. The first-order valence-electron chi connectivity index (χ1n) is 7.32. The molecule has 130 valence electrons. The van der Waals surface area contributed by atoms with Gasteiger partial charge in [-0.15, -0.1) is 11.8 Å². The quantitative estimate of drug-likeness (QED) is 0.366. The van der Waals surface area contributed by atoms with Gasteiger partial charge < -0.3 is 10.1 Å². The fourth-order valence-corrected chi connectivity index (χ4v) is 2.65. The molecule has 1 atom stereocenters. The molecule has 0 spiro atoms. The number of nitro benzene ring substituents is 1. The molecule has 0 bridgehead atoms. The Bertz CT molecular complexity index is 809. The lowest BCUT2D eigenvalue weighted by molar-refractivity contribution is -0.383. The average Bonchev–Trinajstić information content (AvgIpc) is 2.61. The summed E-state index contributed by atoms with van der Waals surface area (Å²) in [7, 11) is 0. The second kappa shape index (κ2) is 8.29. The number of nitro groups is 1. The summed E-state index contributed by atoms with van der Waals surface area (Å²) >= 11 is 1.39. The van der Waals surface area contributed by atoms with E-state index in [1.807, 2.05) is 6.26 Å². The molecule has 2 aromatic rings. The molecule has 0 aliphatic carbocycles. The molecule has 0 radical (unpaired) electrons. The number of thioether (sulfide) groups is 1. The first kappa shape index (κ1) is 18.5. The monoisotopic (exact) mass is 360 g/mol. The van der Waals surface area contributed by atoms with Gasteiger partial charge in [0.2, 0.25) is 0 Å². The van der Waals surface area contributed by atoms with Crippen molar-refractivity contribution >= 4 is 35.0 Å². The normalized spacial score (nSPS) is 11.4. The van der Waals surface area contributed by atoms with Crippen molar-refractivity contribution < 1.29 is 19.2 Å². The van der Waals surface area contributed by atoms with E-state index in [0.717, 1.165) is 4.90 Å². The third-order valence-corrected chi connectivity index (χ3v) is 4.13. The van der Waals surface area contributed by atoms with Crippen molar-refractivity contribution in [3.63, 3.8) is 0 Å². The van der Waals surface area contributed by atoms with Crippen LogP contribution in [0.4, 0.5) is 11.4 Å². The maximum Gasteiger partial charge on any atom is 0.340 e. The molecule has 1 amide bonds. The zero-order valence-corrected chi connectivity index (χ0v) is 14.4. The fraction of sp³-hybridized carbons (Fsp3) is 0.176. The highest BCUT2D eigenvalue weighted by Crippen LogP contribution is 2.24. The Hall–Kier alpha value is -2.87. The Balaban J connectivity index is 2.08. The highest BCUT2D eigenvalue weighted by molar-refractivity contribution is 7.98. The molecular weight excluding hydrogens is 344 g/mol. The summed E-state index contributed by atoms with van der Waals surface area (Å²) in [5.74, 6) is -1.28. The van der Waals surface area contributed by atoms with Crippen LogP contribution in [0.2, 0.25) is 0 Å². The number of hydrogen-bond donors (Lipinski definition) is 1. The summed E-state index contributed by atoms with van der Waals surface area (Å²) < 4.78 is 5.18. The molecule has 1 N–H and O–H groups in total. The largest absolute Gasteiger partial charge is 0.449 e. The van der Waals surface area contributed by atoms with Crippen molar-refractivity contribution in [3.05, 3.63) is 64.2 Å². The Morgan fingerprint density at radius 2 is 1.80 bits per heavy atom. The summed E-state index contributed by atoms with van der Waals surface area (Å²) in [5, 5.41) is 13.4. The van der Waals surface area contributed by atoms with Gasteiger partial charge in [-0.1, -0.05) is 24.3 Å². The van der Waals surface area contributed by atoms with Crippen LogP contribution in [0, 0.1) is 10.1 Å². The van der Waals surface area contributed by atoms with Gasteiger partial charge in [0.05, 0.1) is 10.5 Å². The molecule has 0 fully saturated rings. The van der Waals surface area contributed by atoms with Gasteiger partial charge in [-0.25, -0.2) is 4.79 Å². The van der Waals surface area contributed by atoms with Crippen molar-refractivity contribution in [1.82, 2.24) is 0 Å². The molecule has 7 nitrogen and oxygen atoms in total. The van der Waals surface area contributed by atoms with Crippen LogP contribution in [0.15, 0.2) is 53.4 Å². The average molecular weight is 360 g/mol. The van der Waals surface area contributed by atoms with Crippen molar-refractivity contribution in [2.24, 2.45) is 0 Å². The summed E-state index contributed by atoms with van der Waals surface area (Å²) in [6.07, 6.45) is 0.721. The van der Waals surface area contributed by atoms with Crippen LogP contribution in [0.1, 0.15) is 17.3 Å². The van der Waals surface area contributed by atoms with Crippen LogP contribution in [0.3, 0.4) is 0 Å². The molecule has 25 heavy (non-hydrogen) atoms. The van der Waals surface area contributed by atoms with Crippen LogP contribution in [-0.2, 0) is 9.53 Å². The van der Waals surface area contributed by atoms with Gasteiger partial charge in [0.15, 0.2) is 6.10 Å². The Kier molecular flexibility index (Phi) is 6.13. The predicted octanol–water partition coefficient (Wildman–Crippen LogP) is 3.50. The van der Waals surface area contributed by atoms with E-state index in [1.165, 1.54) is 36.9 Å². The van der Waals surface area contributed by atoms with Crippen LogP contribution >= 0.6 is 11.8 Å². The zero-order valence-electron chi connectivity index (χ0n) is 13.6. The molecule has 0 aliphatic heterocycles. The number of esters is 1. The molecule has 0 saturated carbocycles. The summed E-state index contributed by atoms with van der Waals surface area (Å²) in [5.41, 5.74) is 0.173. The number of benzene rings is 2. The molecule has 0 saturated heterocycles. The van der Waals surface area contributed by atoms with Gasteiger partial charge in [0.25, 0.3) is 11.6 Å². The molecule has 8 heteroatoms. The lowest BCUT2D eigenvalue weighted by Crippen LogP contribution is -2.30. The maximum absolute atomic E-state index is 12.2. The van der Waals surface area contributed by atoms with Crippen LogP contribution in [0.5, 0.6) is 0 Å². The summed E-state index contributed by atoms with van der Waals surface area (Å²) in [6, 6.07) is 12.6. The minimum absolute atomic E-state index is 0.0462. The van der Waals surface area contributed by atoms with Crippen LogP contribution in [-0.4, -0.2) is 29.2 Å². The lowest BCUT2D eigenvalue weighted by atomic mass is 10.2. The van der Waals surface area contributed by atoms with E-state index in [2.05, 4.69) is 5.32 Å². The van der Waals surface area contributed by atoms with Gasteiger partial charge in [0.1, 0.15) is 5.69 Å². The van der Waals surface area contributed by atoms with Crippen molar-refractivity contribution in [1.29, 1.82) is 0 Å². The van der Waals surface area contributed by atoms with Gasteiger partial charge >= 0.3 is 5.97 Å². The number of anilines is 1. The molecule has 2 aromatic carbocycles. The van der Waals surface area contributed by atoms with Gasteiger partial charge in [0, 0.05) is 11.0 Å². The SMILES string of the molecule is CSc1ccccc1C(=O)O[C@@H](C)C(=O)Nc1ccccc1[N+](=O)[O-]. The fourth-order valence-electron chi connectivity index (χ4n) is 2.06. The molecule has 0 aliphatic rings. The molecule has 0 heterocycles. The molecule has 2 rings (SSSR count). The number of hydrogen-bond acceptors (Lipinski definition) is 6. The van der Waals surface area contributed by atoms with E-state index in [9.17, 15) is 19.7 Å². The third-order valence-electron chi connectivity index (χ3n) is 3.34. The standard InChI is InChI=1S/C17H16N2O5S/c1-11(24-17(21)12-7-3-6-10-15(12)25-2)16(20)18-13-8-4-5-9-14(13)19(22)23/h3-11H,1-2H3,(H,18,20)/t11-/m0/s1. The van der Waals surface area contributed by atoms with Crippen LogP contribution in [0.25, 0.3) is 0 Å². The number of carbonyl (C=O) groups is 2. The maximum atomic E-state index is 12.2. The van der Waals surface area contributed by atoms with Gasteiger partial charge in [-0.3, -0.25) is 14.9 Å². The van der Waals surface area contributed by atoms with Crippen LogP contribution < -0.4 is 5.32 Å². The van der Waals surface area contributed by atoms with Crippen molar-refractivity contribution in [2.75, 3.05) is 11.6 Å². The highest BCUT2D eigenvalue weighted by Gasteiger charge is 2.23. The van der Waals surface area contributed by atoms with E-state index < -0.39 is 22.9 Å². The number of amides is 1. The first-order valence-corrected chi connectivity index (χ1v) is 8.54. The Morgan fingerprint density at radius 3 is 2.48 bits per heavy atom. The molecule has 0 unspecified atom stereocenters. The van der Waals surface area contributed by atoms with Crippen molar-refractivity contribution in [2.45, 2.75) is 17.9 Å². The van der Waals surface area contributed by atoms with E-state index in [0.29, 0.717) is 5.56 Å². The van der Waals surface area contributed by atoms with Gasteiger partial charge in [-0.2, -0.15) is 0 Å². The smallest absolute Gasteiger partial charge is 0.340 e. The first-order chi connectivity index (χ1) is 11.9. The van der Waals surface area contributed by atoms with E-state index in [-0.39, 0.29) is 11.4 Å². The number of para-hydroxylation sites is 2. The summed E-state index contributed by atoms with van der Waals surface area (Å²) in [4.78, 5) is 35.5. The lowest BCUT2D eigenvalue weighted by Gasteiger charge is -2.14.